The lowest BCUT2D eigenvalue weighted by Gasteiger charge is -2.24. The molecule has 1 fully saturated rings. The number of thiophene rings is 1. The van der Waals surface area contributed by atoms with E-state index in [0.717, 1.165) is 0 Å². The van der Waals surface area contributed by atoms with Crippen molar-refractivity contribution in [3.05, 3.63) is 21.9 Å². The first-order valence-electron chi connectivity index (χ1n) is 6.81. The molecule has 0 radical (unpaired) electrons. The summed E-state index contributed by atoms with van der Waals surface area (Å²) in [5.41, 5.74) is 0.685. The third-order valence-corrected chi connectivity index (χ3v) is 4.46. The van der Waals surface area contributed by atoms with Gasteiger partial charge in [0.05, 0.1) is 0 Å². The average Bonchev–Trinajstić information content (AvgIpc) is 3.19. The molecule has 1 aliphatic rings. The van der Waals surface area contributed by atoms with Gasteiger partial charge in [0.15, 0.2) is 0 Å². The molecule has 1 saturated carbocycles. The van der Waals surface area contributed by atoms with Crippen LogP contribution in [-0.4, -0.2) is 48.2 Å². The summed E-state index contributed by atoms with van der Waals surface area (Å²) in [6.07, 6.45) is 2.53. The number of aliphatic hydroxyl groups is 1. The Morgan fingerprint density at radius 2 is 2.40 bits per heavy atom. The van der Waals surface area contributed by atoms with Gasteiger partial charge in [-0.15, -0.1) is 11.3 Å². The standard InChI is InChI=1S/C15H20N2O2S/c1-11(17(2)13-5-6-13)10-16-15(19)14-12(4-3-8-18)7-9-20-14/h7,9,11,13,18H,5-6,8,10H2,1-2H3,(H,16,19). The molecule has 2 rings (SSSR count). The summed E-state index contributed by atoms with van der Waals surface area (Å²) in [5.74, 6) is 5.29. The van der Waals surface area contributed by atoms with E-state index in [4.69, 9.17) is 5.11 Å². The monoisotopic (exact) mass is 292 g/mol. The van der Waals surface area contributed by atoms with E-state index in [9.17, 15) is 4.79 Å². The van der Waals surface area contributed by atoms with Gasteiger partial charge in [-0.1, -0.05) is 11.8 Å². The second-order valence-electron chi connectivity index (χ2n) is 5.08. The summed E-state index contributed by atoms with van der Waals surface area (Å²) in [5, 5.41) is 13.5. The van der Waals surface area contributed by atoms with Crippen LogP contribution in [0, 0.1) is 11.8 Å². The van der Waals surface area contributed by atoms with Crippen LogP contribution >= 0.6 is 11.3 Å². The molecule has 1 amide bonds. The Morgan fingerprint density at radius 3 is 3.05 bits per heavy atom. The Balaban J connectivity index is 1.89. The van der Waals surface area contributed by atoms with Crippen LogP contribution in [0.4, 0.5) is 0 Å². The summed E-state index contributed by atoms with van der Waals surface area (Å²) in [7, 11) is 2.11. The smallest absolute Gasteiger partial charge is 0.262 e. The van der Waals surface area contributed by atoms with Gasteiger partial charge in [0, 0.05) is 24.2 Å². The van der Waals surface area contributed by atoms with E-state index in [0.29, 0.717) is 29.1 Å². The Kier molecular flexibility index (Phi) is 5.18. The van der Waals surface area contributed by atoms with Gasteiger partial charge in [-0.3, -0.25) is 9.69 Å². The molecule has 1 heterocycles. The van der Waals surface area contributed by atoms with Crippen LogP contribution in [0.3, 0.4) is 0 Å². The van der Waals surface area contributed by atoms with Crippen molar-refractivity contribution in [1.82, 2.24) is 10.2 Å². The number of rotatable bonds is 5. The predicted molar refractivity (Wildman–Crippen MR) is 80.9 cm³/mol. The van der Waals surface area contributed by atoms with Crippen molar-refractivity contribution >= 4 is 17.2 Å². The van der Waals surface area contributed by atoms with Gasteiger partial charge in [0.1, 0.15) is 11.5 Å². The normalized spacial score (nSPS) is 15.6. The third kappa shape index (κ3) is 3.83. The zero-order valence-corrected chi connectivity index (χ0v) is 12.7. The molecular weight excluding hydrogens is 272 g/mol. The van der Waals surface area contributed by atoms with Crippen LogP contribution in [0.25, 0.3) is 0 Å². The summed E-state index contributed by atoms with van der Waals surface area (Å²) in [6, 6.07) is 2.83. The number of nitrogens with one attached hydrogen (secondary N) is 1. The van der Waals surface area contributed by atoms with Crippen molar-refractivity contribution in [3.63, 3.8) is 0 Å². The van der Waals surface area contributed by atoms with Crippen LogP contribution in [0.15, 0.2) is 11.4 Å². The second kappa shape index (κ2) is 6.89. The van der Waals surface area contributed by atoms with Crippen LogP contribution < -0.4 is 5.32 Å². The second-order valence-corrected chi connectivity index (χ2v) is 6.00. The molecule has 20 heavy (non-hydrogen) atoms. The van der Waals surface area contributed by atoms with Gasteiger partial charge >= 0.3 is 0 Å². The number of amides is 1. The molecule has 1 unspecified atom stereocenters. The SMILES string of the molecule is CC(CNC(=O)c1sccc1C#CCO)N(C)C1CC1. The molecule has 1 aromatic heterocycles. The molecule has 0 aromatic carbocycles. The average molecular weight is 292 g/mol. The summed E-state index contributed by atoms with van der Waals surface area (Å²) in [6.45, 7) is 2.57. The molecule has 0 bridgehead atoms. The number of hydrogen-bond acceptors (Lipinski definition) is 4. The van der Waals surface area contributed by atoms with Crippen LogP contribution in [0.5, 0.6) is 0 Å². The van der Waals surface area contributed by atoms with Crippen molar-refractivity contribution in [2.75, 3.05) is 20.2 Å². The molecule has 0 spiro atoms. The summed E-state index contributed by atoms with van der Waals surface area (Å²) >= 11 is 1.38. The highest BCUT2D eigenvalue weighted by molar-refractivity contribution is 7.12. The molecule has 2 N–H and O–H groups in total. The molecule has 0 saturated heterocycles. The minimum Gasteiger partial charge on any atom is -0.384 e. The Morgan fingerprint density at radius 1 is 1.65 bits per heavy atom. The van der Waals surface area contributed by atoms with Crippen LogP contribution in [0.1, 0.15) is 35.0 Å². The predicted octanol–water partition coefficient (Wildman–Crippen LogP) is 1.30. The molecule has 4 nitrogen and oxygen atoms in total. The number of carbonyl (C=O) groups excluding carboxylic acids is 1. The maximum Gasteiger partial charge on any atom is 0.262 e. The number of hydrogen-bond donors (Lipinski definition) is 2. The molecule has 5 heteroatoms. The Hall–Kier alpha value is -1.35. The fraction of sp³-hybridized carbons (Fsp3) is 0.533. The summed E-state index contributed by atoms with van der Waals surface area (Å²) < 4.78 is 0. The number of aliphatic hydroxyl groups excluding tert-OH is 1. The number of carbonyl (C=O) groups is 1. The van der Waals surface area contributed by atoms with Crippen LogP contribution in [-0.2, 0) is 0 Å². The lowest BCUT2D eigenvalue weighted by Crippen LogP contribution is -2.41. The van der Waals surface area contributed by atoms with Crippen LogP contribution in [0.2, 0.25) is 0 Å². The van der Waals surface area contributed by atoms with Gasteiger partial charge in [-0.05, 0) is 38.3 Å². The largest absolute Gasteiger partial charge is 0.384 e. The minimum atomic E-state index is -0.194. The molecule has 0 aliphatic heterocycles. The molecular formula is C15H20N2O2S. The van der Waals surface area contributed by atoms with Gasteiger partial charge in [-0.25, -0.2) is 0 Å². The fourth-order valence-corrected chi connectivity index (χ4v) is 2.79. The first-order valence-corrected chi connectivity index (χ1v) is 7.68. The number of nitrogens with zero attached hydrogens (tertiary/aromatic N) is 1. The van der Waals surface area contributed by atoms with Gasteiger partial charge in [-0.2, -0.15) is 0 Å². The molecule has 1 aromatic rings. The molecule has 1 atom stereocenters. The van der Waals surface area contributed by atoms with Crippen molar-refractivity contribution in [2.24, 2.45) is 0 Å². The quantitative estimate of drug-likeness (QED) is 0.805. The van der Waals surface area contributed by atoms with E-state index in [1.54, 1.807) is 0 Å². The van der Waals surface area contributed by atoms with E-state index in [2.05, 4.69) is 36.0 Å². The number of likely N-dealkylation sites (N-methyl/N-ethyl adjacent to an activating group) is 1. The third-order valence-electron chi connectivity index (χ3n) is 3.55. The van der Waals surface area contributed by atoms with E-state index in [1.165, 1.54) is 24.2 Å². The Labute approximate surface area is 123 Å². The first-order chi connectivity index (χ1) is 9.63. The zero-order chi connectivity index (χ0) is 14.5. The van der Waals surface area contributed by atoms with Crippen molar-refractivity contribution < 1.29 is 9.90 Å². The highest BCUT2D eigenvalue weighted by Gasteiger charge is 2.29. The van der Waals surface area contributed by atoms with Gasteiger partial charge in [0.25, 0.3) is 5.91 Å². The lowest BCUT2D eigenvalue weighted by molar-refractivity contribution is 0.0943. The highest BCUT2D eigenvalue weighted by Crippen LogP contribution is 2.26. The van der Waals surface area contributed by atoms with E-state index < -0.39 is 0 Å². The maximum atomic E-state index is 12.2. The minimum absolute atomic E-state index is 0.0849. The van der Waals surface area contributed by atoms with Crippen molar-refractivity contribution in [2.45, 2.75) is 31.8 Å². The van der Waals surface area contributed by atoms with E-state index in [1.807, 2.05) is 11.4 Å². The first kappa shape index (κ1) is 15.0. The van der Waals surface area contributed by atoms with E-state index >= 15 is 0 Å². The molecule has 1 aliphatic carbocycles. The van der Waals surface area contributed by atoms with Gasteiger partial charge in [0.2, 0.25) is 0 Å². The Bertz CT molecular complexity index is 525. The van der Waals surface area contributed by atoms with Crippen molar-refractivity contribution in [3.8, 4) is 11.8 Å². The van der Waals surface area contributed by atoms with E-state index in [-0.39, 0.29) is 12.5 Å². The maximum absolute atomic E-state index is 12.2. The van der Waals surface area contributed by atoms with Crippen molar-refractivity contribution in [1.29, 1.82) is 0 Å². The van der Waals surface area contributed by atoms with Gasteiger partial charge < -0.3 is 10.4 Å². The fourth-order valence-electron chi connectivity index (χ4n) is 2.02. The topological polar surface area (TPSA) is 52.6 Å². The molecule has 108 valence electrons. The highest BCUT2D eigenvalue weighted by atomic mass is 32.1. The summed E-state index contributed by atoms with van der Waals surface area (Å²) in [4.78, 5) is 15.1. The lowest BCUT2D eigenvalue weighted by atomic mass is 10.2. The zero-order valence-electron chi connectivity index (χ0n) is 11.8.